The van der Waals surface area contributed by atoms with Crippen LogP contribution in [0.5, 0.6) is 0 Å². The second-order valence-electron chi connectivity index (χ2n) is 5.14. The molecule has 0 bridgehead atoms. The van der Waals surface area contributed by atoms with Crippen molar-refractivity contribution in [2.75, 3.05) is 6.54 Å². The van der Waals surface area contributed by atoms with Crippen molar-refractivity contribution in [2.24, 2.45) is 11.7 Å². The van der Waals surface area contributed by atoms with Gasteiger partial charge in [-0.2, -0.15) is 0 Å². The Morgan fingerprint density at radius 1 is 1.32 bits per heavy atom. The van der Waals surface area contributed by atoms with Crippen LogP contribution in [0.2, 0.25) is 0 Å². The van der Waals surface area contributed by atoms with E-state index in [-0.39, 0.29) is 24.4 Å². The molecule has 3 N–H and O–H groups in total. The van der Waals surface area contributed by atoms with Gasteiger partial charge in [-0.05, 0) is 30.4 Å². The maximum absolute atomic E-state index is 11.7. The number of carbonyl (C=O) groups is 1. The van der Waals surface area contributed by atoms with E-state index in [1.807, 2.05) is 12.1 Å². The van der Waals surface area contributed by atoms with Crippen molar-refractivity contribution in [3.05, 3.63) is 35.4 Å². The minimum Gasteiger partial charge on any atom is -0.349 e. The van der Waals surface area contributed by atoms with E-state index in [0.29, 0.717) is 18.9 Å². The Bertz CT molecular complexity index is 393. The number of nitrogens with two attached hydrogens (primary N) is 1. The van der Waals surface area contributed by atoms with Gasteiger partial charge in [0.25, 0.3) is 0 Å². The third-order valence-electron chi connectivity index (χ3n) is 2.98. The van der Waals surface area contributed by atoms with Gasteiger partial charge >= 0.3 is 0 Å². The van der Waals surface area contributed by atoms with Crippen LogP contribution in [-0.4, -0.2) is 12.5 Å². The number of nitrogens with one attached hydrogen (secondary N) is 1. The molecular formula is C15H25ClN2O. The number of carbonyl (C=O) groups excluding carboxylic acids is 1. The van der Waals surface area contributed by atoms with Crippen LogP contribution in [0, 0.1) is 12.8 Å². The Morgan fingerprint density at radius 3 is 2.47 bits per heavy atom. The molecule has 1 aromatic rings. The largest absolute Gasteiger partial charge is 0.349 e. The third kappa shape index (κ3) is 6.08. The lowest BCUT2D eigenvalue weighted by Crippen LogP contribution is -2.31. The summed E-state index contributed by atoms with van der Waals surface area (Å²) in [6.45, 7) is 6.81. The molecule has 1 atom stereocenters. The fourth-order valence-electron chi connectivity index (χ4n) is 2.11. The minimum absolute atomic E-state index is 0. The molecule has 1 amide bonds. The first-order valence-corrected chi connectivity index (χ1v) is 6.59. The summed E-state index contributed by atoms with van der Waals surface area (Å²) in [7, 11) is 0. The Labute approximate surface area is 122 Å². The van der Waals surface area contributed by atoms with Crippen LogP contribution in [0.3, 0.4) is 0 Å². The highest BCUT2D eigenvalue weighted by Gasteiger charge is 2.17. The fraction of sp³-hybridized carbons (Fsp3) is 0.533. The van der Waals surface area contributed by atoms with E-state index >= 15 is 0 Å². The summed E-state index contributed by atoms with van der Waals surface area (Å²) < 4.78 is 0. The van der Waals surface area contributed by atoms with Crippen LogP contribution in [0.15, 0.2) is 24.3 Å². The summed E-state index contributed by atoms with van der Waals surface area (Å²) in [5.41, 5.74) is 7.84. The number of hydrogen-bond donors (Lipinski definition) is 2. The standard InChI is InChI=1S/C15H24N2O.ClH/c1-11(2)10-14(17-15(18)8-9-16)13-7-5-4-6-12(13)3;/h4-7,11,14H,8-10,16H2,1-3H3,(H,17,18);1H. The molecule has 0 aliphatic rings. The third-order valence-corrected chi connectivity index (χ3v) is 2.98. The SMILES string of the molecule is Cc1ccccc1C(CC(C)C)NC(=O)CCN.Cl. The molecule has 0 saturated heterocycles. The van der Waals surface area contributed by atoms with Gasteiger partial charge in [-0.3, -0.25) is 4.79 Å². The lowest BCUT2D eigenvalue weighted by molar-refractivity contribution is -0.121. The Balaban J connectivity index is 0.00000324. The van der Waals surface area contributed by atoms with Crippen molar-refractivity contribution in [1.29, 1.82) is 0 Å². The molecule has 108 valence electrons. The quantitative estimate of drug-likeness (QED) is 0.844. The molecule has 0 aliphatic heterocycles. The summed E-state index contributed by atoms with van der Waals surface area (Å²) in [5.74, 6) is 0.569. The molecule has 1 unspecified atom stereocenters. The van der Waals surface area contributed by atoms with E-state index in [1.165, 1.54) is 11.1 Å². The predicted molar refractivity (Wildman–Crippen MR) is 82.4 cm³/mol. The molecule has 0 radical (unpaired) electrons. The fourth-order valence-corrected chi connectivity index (χ4v) is 2.11. The molecule has 0 aliphatic carbocycles. The molecule has 1 rings (SSSR count). The van der Waals surface area contributed by atoms with Gasteiger partial charge in [0.05, 0.1) is 6.04 Å². The predicted octanol–water partition coefficient (Wildman–Crippen LogP) is 2.97. The molecule has 1 aromatic carbocycles. The van der Waals surface area contributed by atoms with Crippen LogP contribution in [0.25, 0.3) is 0 Å². The van der Waals surface area contributed by atoms with Gasteiger partial charge in [0.1, 0.15) is 0 Å². The lowest BCUT2D eigenvalue weighted by atomic mass is 9.94. The molecule has 0 heterocycles. The normalized spacial score (nSPS) is 11.8. The smallest absolute Gasteiger partial charge is 0.221 e. The van der Waals surface area contributed by atoms with Gasteiger partial charge in [-0.15, -0.1) is 12.4 Å². The van der Waals surface area contributed by atoms with Crippen molar-refractivity contribution in [3.63, 3.8) is 0 Å². The highest BCUT2D eigenvalue weighted by atomic mass is 35.5. The number of halogens is 1. The van der Waals surface area contributed by atoms with Gasteiger partial charge in [0.15, 0.2) is 0 Å². The molecule has 0 aromatic heterocycles. The Morgan fingerprint density at radius 2 is 1.95 bits per heavy atom. The van der Waals surface area contributed by atoms with E-state index in [1.54, 1.807) is 0 Å². The van der Waals surface area contributed by atoms with Crippen molar-refractivity contribution < 1.29 is 4.79 Å². The number of aryl methyl sites for hydroxylation is 1. The monoisotopic (exact) mass is 284 g/mol. The summed E-state index contributed by atoms with van der Waals surface area (Å²) in [5, 5.41) is 3.09. The zero-order valence-corrected chi connectivity index (χ0v) is 12.8. The van der Waals surface area contributed by atoms with Crippen LogP contribution in [0.1, 0.15) is 43.9 Å². The molecule has 0 fully saturated rings. The second kappa shape index (κ2) is 8.94. The van der Waals surface area contributed by atoms with Gasteiger partial charge in [0.2, 0.25) is 5.91 Å². The molecule has 4 heteroatoms. The summed E-state index contributed by atoms with van der Waals surface area (Å²) >= 11 is 0. The number of rotatable bonds is 6. The van der Waals surface area contributed by atoms with E-state index in [9.17, 15) is 4.79 Å². The first-order valence-electron chi connectivity index (χ1n) is 6.59. The van der Waals surface area contributed by atoms with Crippen LogP contribution < -0.4 is 11.1 Å². The van der Waals surface area contributed by atoms with Crippen molar-refractivity contribution in [2.45, 2.75) is 39.7 Å². The first kappa shape index (κ1) is 17.9. The molecule has 3 nitrogen and oxygen atoms in total. The Hall–Kier alpha value is -1.06. The van der Waals surface area contributed by atoms with Crippen molar-refractivity contribution in [1.82, 2.24) is 5.32 Å². The maximum atomic E-state index is 11.7. The zero-order valence-electron chi connectivity index (χ0n) is 12.0. The summed E-state index contributed by atoms with van der Waals surface area (Å²) in [6.07, 6.45) is 1.33. The molecule has 19 heavy (non-hydrogen) atoms. The zero-order chi connectivity index (χ0) is 13.5. The minimum atomic E-state index is 0. The van der Waals surface area contributed by atoms with Gasteiger partial charge in [-0.25, -0.2) is 0 Å². The molecule has 0 saturated carbocycles. The van der Waals surface area contributed by atoms with E-state index in [2.05, 4.69) is 38.2 Å². The first-order chi connectivity index (χ1) is 8.54. The summed E-state index contributed by atoms with van der Waals surface area (Å²) in [6, 6.07) is 8.30. The second-order valence-corrected chi connectivity index (χ2v) is 5.14. The van der Waals surface area contributed by atoms with Gasteiger partial charge in [-0.1, -0.05) is 38.1 Å². The summed E-state index contributed by atoms with van der Waals surface area (Å²) in [4.78, 5) is 11.7. The highest BCUT2D eigenvalue weighted by Crippen LogP contribution is 2.24. The Kier molecular flexibility index (Phi) is 8.44. The van der Waals surface area contributed by atoms with Gasteiger partial charge in [0, 0.05) is 13.0 Å². The van der Waals surface area contributed by atoms with E-state index in [4.69, 9.17) is 5.73 Å². The molecular weight excluding hydrogens is 260 g/mol. The van der Waals surface area contributed by atoms with E-state index in [0.717, 1.165) is 6.42 Å². The average molecular weight is 285 g/mol. The lowest BCUT2D eigenvalue weighted by Gasteiger charge is -2.22. The molecule has 0 spiro atoms. The number of amides is 1. The number of benzene rings is 1. The topological polar surface area (TPSA) is 55.1 Å². The van der Waals surface area contributed by atoms with Crippen molar-refractivity contribution >= 4 is 18.3 Å². The van der Waals surface area contributed by atoms with Crippen molar-refractivity contribution in [3.8, 4) is 0 Å². The van der Waals surface area contributed by atoms with Crippen LogP contribution in [0.4, 0.5) is 0 Å². The maximum Gasteiger partial charge on any atom is 0.221 e. The van der Waals surface area contributed by atoms with Crippen LogP contribution >= 0.6 is 12.4 Å². The highest BCUT2D eigenvalue weighted by molar-refractivity contribution is 5.85. The van der Waals surface area contributed by atoms with Gasteiger partial charge < -0.3 is 11.1 Å². The number of hydrogen-bond acceptors (Lipinski definition) is 2. The van der Waals surface area contributed by atoms with Crippen LogP contribution in [-0.2, 0) is 4.79 Å². The average Bonchev–Trinajstić information content (AvgIpc) is 2.28. The van der Waals surface area contributed by atoms with E-state index < -0.39 is 0 Å².